The van der Waals surface area contributed by atoms with Crippen LogP contribution in [-0.2, 0) is 27.9 Å². The molecule has 1 N–H and O–H groups in total. The van der Waals surface area contributed by atoms with E-state index in [0.29, 0.717) is 17.4 Å². The second-order valence-electron chi connectivity index (χ2n) is 15.4. The number of unbranched alkanes of at least 4 members (excludes halogenated alkanes) is 19. The standard InChI is InChI=1S/C44H82NO7P/c1-6-8-10-12-14-16-18-20-22-24-26-28-30-32-34-36-39-49-41-43(42-51-53(47,48)50-40-38-45(3,4)5)52-44(46)37-35-33-31-29-27-25-23-21-19-17-15-13-11-9-7-2/h15-18,21,23,36,39,43H,6-14,19-20,22,24-35,37-38,40-42H2,1-5H3/p+1/b17-15-,18-16-,23-21-,39-36-/t43-/m1/s1. The third-order valence-corrected chi connectivity index (χ3v) is 9.91. The van der Waals surface area contributed by atoms with Crippen molar-refractivity contribution in [2.75, 3.05) is 47.5 Å². The quantitative estimate of drug-likeness (QED) is 0.0166. The first-order valence-electron chi connectivity index (χ1n) is 21.4. The summed E-state index contributed by atoms with van der Waals surface area (Å²) in [4.78, 5) is 22.8. The Bertz CT molecular complexity index is 989. The van der Waals surface area contributed by atoms with E-state index in [9.17, 15) is 14.3 Å². The number of allylic oxidation sites excluding steroid dienone is 7. The number of phosphoric acid groups is 1. The molecule has 0 aliphatic rings. The van der Waals surface area contributed by atoms with Gasteiger partial charge in [0.05, 0.1) is 34.0 Å². The van der Waals surface area contributed by atoms with Crippen molar-refractivity contribution in [2.45, 2.75) is 180 Å². The number of quaternary nitrogens is 1. The lowest BCUT2D eigenvalue weighted by Gasteiger charge is -2.24. The molecule has 0 rings (SSSR count). The smallest absolute Gasteiger partial charge is 0.472 e. The molecule has 0 saturated carbocycles. The second kappa shape index (κ2) is 37.2. The monoisotopic (exact) mass is 769 g/mol. The molecule has 2 atom stereocenters. The van der Waals surface area contributed by atoms with Crippen LogP contribution in [0.2, 0.25) is 0 Å². The van der Waals surface area contributed by atoms with Crippen molar-refractivity contribution in [3.05, 3.63) is 48.8 Å². The van der Waals surface area contributed by atoms with Gasteiger partial charge in [-0.1, -0.05) is 127 Å². The molecular weight excluding hydrogens is 685 g/mol. The molecule has 0 heterocycles. The SMILES string of the molecule is CCCCC/C=C\C/C=C\CCCCCCCC(=O)O[C@H](CO/C=C\CCCCCCCC/C=C\CCCCCC)COP(=O)(O)OCC[N+](C)(C)C. The molecule has 9 heteroatoms. The summed E-state index contributed by atoms with van der Waals surface area (Å²) in [5.74, 6) is -0.353. The minimum absolute atomic E-state index is 0.0382. The van der Waals surface area contributed by atoms with E-state index in [4.69, 9.17) is 18.5 Å². The first kappa shape index (κ1) is 51.3. The van der Waals surface area contributed by atoms with Crippen LogP contribution in [0.1, 0.15) is 174 Å². The van der Waals surface area contributed by atoms with Gasteiger partial charge in [0.15, 0.2) is 6.10 Å². The fourth-order valence-corrected chi connectivity index (χ4v) is 6.28. The van der Waals surface area contributed by atoms with Gasteiger partial charge >= 0.3 is 13.8 Å². The Kier molecular flexibility index (Phi) is 36.0. The molecule has 310 valence electrons. The number of rotatable bonds is 39. The van der Waals surface area contributed by atoms with Gasteiger partial charge in [-0.15, -0.1) is 0 Å². The third kappa shape index (κ3) is 41.3. The zero-order valence-corrected chi connectivity index (χ0v) is 35.9. The summed E-state index contributed by atoms with van der Waals surface area (Å²) in [7, 11) is 1.62. The fraction of sp³-hybridized carbons (Fsp3) is 0.795. The number of carbonyl (C=O) groups excluding carboxylic acids is 1. The van der Waals surface area contributed by atoms with Crippen LogP contribution >= 0.6 is 7.82 Å². The number of carbonyl (C=O) groups is 1. The van der Waals surface area contributed by atoms with Crippen LogP contribution in [-0.4, -0.2) is 69.0 Å². The van der Waals surface area contributed by atoms with Gasteiger partial charge in [0.2, 0.25) is 0 Å². The number of phosphoric ester groups is 1. The van der Waals surface area contributed by atoms with E-state index in [2.05, 4.69) is 50.3 Å². The lowest BCUT2D eigenvalue weighted by molar-refractivity contribution is -0.870. The predicted molar refractivity (Wildman–Crippen MR) is 224 cm³/mol. The van der Waals surface area contributed by atoms with Crippen LogP contribution in [0.15, 0.2) is 48.8 Å². The van der Waals surface area contributed by atoms with E-state index in [0.717, 1.165) is 57.8 Å². The maximum atomic E-state index is 12.7. The van der Waals surface area contributed by atoms with Gasteiger partial charge < -0.3 is 18.9 Å². The molecule has 0 aromatic carbocycles. The van der Waals surface area contributed by atoms with Gasteiger partial charge in [-0.2, -0.15) is 0 Å². The van der Waals surface area contributed by atoms with Crippen molar-refractivity contribution in [1.29, 1.82) is 0 Å². The van der Waals surface area contributed by atoms with E-state index in [-0.39, 0.29) is 25.8 Å². The van der Waals surface area contributed by atoms with E-state index >= 15 is 0 Å². The van der Waals surface area contributed by atoms with Crippen LogP contribution in [0.4, 0.5) is 0 Å². The number of nitrogens with zero attached hydrogens (tertiary/aromatic N) is 1. The zero-order chi connectivity index (χ0) is 39.1. The molecule has 0 fully saturated rings. The Hall–Kier alpha value is -1.70. The van der Waals surface area contributed by atoms with Crippen molar-refractivity contribution in [3.63, 3.8) is 0 Å². The molecule has 8 nitrogen and oxygen atoms in total. The first-order chi connectivity index (χ1) is 25.6. The van der Waals surface area contributed by atoms with Crippen molar-refractivity contribution in [3.8, 4) is 0 Å². The highest BCUT2D eigenvalue weighted by atomic mass is 31.2. The lowest BCUT2D eigenvalue weighted by atomic mass is 10.1. The van der Waals surface area contributed by atoms with Gasteiger partial charge in [-0.05, 0) is 83.1 Å². The minimum Gasteiger partial charge on any atom is -0.498 e. The molecule has 0 amide bonds. The number of esters is 1. The Morgan fingerprint density at radius 3 is 1.60 bits per heavy atom. The normalized spacial score (nSPS) is 14.2. The van der Waals surface area contributed by atoms with Crippen molar-refractivity contribution >= 4 is 13.8 Å². The van der Waals surface area contributed by atoms with Gasteiger partial charge in [0, 0.05) is 6.42 Å². The van der Waals surface area contributed by atoms with Gasteiger partial charge in [-0.25, -0.2) is 4.57 Å². The number of ether oxygens (including phenoxy) is 2. The Morgan fingerprint density at radius 1 is 0.604 bits per heavy atom. The maximum absolute atomic E-state index is 12.7. The molecule has 0 aromatic rings. The summed E-state index contributed by atoms with van der Waals surface area (Å²) in [6.07, 6.45) is 45.2. The van der Waals surface area contributed by atoms with E-state index in [1.54, 1.807) is 6.26 Å². The maximum Gasteiger partial charge on any atom is 0.472 e. The molecule has 0 aliphatic carbocycles. The average Bonchev–Trinajstić information content (AvgIpc) is 3.11. The lowest BCUT2D eigenvalue weighted by Crippen LogP contribution is -2.37. The Balaban J connectivity index is 4.35. The molecule has 0 aromatic heterocycles. The van der Waals surface area contributed by atoms with Crippen molar-refractivity contribution in [1.82, 2.24) is 0 Å². The molecule has 0 bridgehead atoms. The summed E-state index contributed by atoms with van der Waals surface area (Å²) in [6, 6.07) is 0. The highest BCUT2D eigenvalue weighted by Crippen LogP contribution is 2.43. The second-order valence-corrected chi connectivity index (χ2v) is 16.9. The Labute approximate surface area is 327 Å². The topological polar surface area (TPSA) is 91.3 Å². The molecule has 0 aliphatic heterocycles. The molecule has 0 saturated heterocycles. The van der Waals surface area contributed by atoms with Crippen LogP contribution in [0.25, 0.3) is 0 Å². The van der Waals surface area contributed by atoms with E-state index in [1.165, 1.54) is 96.3 Å². The minimum atomic E-state index is -4.29. The highest BCUT2D eigenvalue weighted by molar-refractivity contribution is 7.47. The third-order valence-electron chi connectivity index (χ3n) is 8.93. The van der Waals surface area contributed by atoms with Crippen LogP contribution in [0.3, 0.4) is 0 Å². The summed E-state index contributed by atoms with van der Waals surface area (Å²) >= 11 is 0. The van der Waals surface area contributed by atoms with Crippen LogP contribution < -0.4 is 0 Å². The van der Waals surface area contributed by atoms with E-state index < -0.39 is 13.9 Å². The summed E-state index contributed by atoms with van der Waals surface area (Å²) in [5.41, 5.74) is 0. The molecule has 0 radical (unpaired) electrons. The summed E-state index contributed by atoms with van der Waals surface area (Å²) < 4.78 is 34.7. The molecule has 1 unspecified atom stereocenters. The van der Waals surface area contributed by atoms with Gasteiger partial charge in [-0.3, -0.25) is 13.8 Å². The predicted octanol–water partition coefficient (Wildman–Crippen LogP) is 12.7. The molecule has 53 heavy (non-hydrogen) atoms. The fourth-order valence-electron chi connectivity index (χ4n) is 5.54. The molecular formula is C44H83NO7P+. The van der Waals surface area contributed by atoms with Crippen molar-refractivity contribution in [2.24, 2.45) is 0 Å². The van der Waals surface area contributed by atoms with Gasteiger partial charge in [0.1, 0.15) is 19.8 Å². The van der Waals surface area contributed by atoms with Gasteiger partial charge in [0.25, 0.3) is 0 Å². The number of hydrogen-bond donors (Lipinski definition) is 1. The first-order valence-corrected chi connectivity index (χ1v) is 22.9. The van der Waals surface area contributed by atoms with E-state index in [1.807, 2.05) is 27.2 Å². The Morgan fingerprint density at radius 2 is 1.06 bits per heavy atom. The van der Waals surface area contributed by atoms with Crippen molar-refractivity contribution < 1.29 is 37.3 Å². The van der Waals surface area contributed by atoms with Crippen LogP contribution in [0.5, 0.6) is 0 Å². The summed E-state index contributed by atoms with van der Waals surface area (Å²) in [5, 5.41) is 0. The average molecular weight is 769 g/mol. The zero-order valence-electron chi connectivity index (χ0n) is 35.0. The van der Waals surface area contributed by atoms with Crippen LogP contribution in [0, 0.1) is 0 Å². The highest BCUT2D eigenvalue weighted by Gasteiger charge is 2.26. The summed E-state index contributed by atoms with van der Waals surface area (Å²) in [6.45, 7) is 4.86. The number of hydrogen-bond acceptors (Lipinski definition) is 6. The number of likely N-dealkylation sites (N-methyl/N-ethyl adjacent to an activating group) is 1. The largest absolute Gasteiger partial charge is 0.498 e. The molecule has 0 spiro atoms.